The smallest absolute Gasteiger partial charge is 0.262 e. The third kappa shape index (κ3) is 5.17. The Morgan fingerprint density at radius 1 is 1.04 bits per heavy atom. The number of carbonyl (C=O) groups is 2. The number of nitrogens with one attached hydrogen (secondary N) is 1. The van der Waals surface area contributed by atoms with Gasteiger partial charge in [-0.3, -0.25) is 14.6 Å². The highest BCUT2D eigenvalue weighted by Crippen LogP contribution is 2.26. The minimum atomic E-state index is -0.282. The molecule has 3 aromatic rings. The van der Waals surface area contributed by atoms with Crippen molar-refractivity contribution in [2.45, 2.75) is 13.8 Å². The first-order valence-electron chi connectivity index (χ1n) is 8.73. The van der Waals surface area contributed by atoms with Crippen LogP contribution in [0.1, 0.15) is 22.8 Å². The number of pyridine rings is 1. The van der Waals surface area contributed by atoms with Crippen molar-refractivity contribution in [3.05, 3.63) is 78.1 Å². The first kappa shape index (κ1) is 19.1. The van der Waals surface area contributed by atoms with Gasteiger partial charge in [0.1, 0.15) is 17.2 Å². The van der Waals surface area contributed by atoms with Crippen molar-refractivity contribution in [3.8, 4) is 17.2 Å². The van der Waals surface area contributed by atoms with Crippen LogP contribution < -0.4 is 14.8 Å². The second-order valence-electron chi connectivity index (χ2n) is 6.19. The molecule has 0 fully saturated rings. The number of hydrogen-bond donors (Lipinski definition) is 1. The van der Waals surface area contributed by atoms with Crippen LogP contribution in [0.3, 0.4) is 0 Å². The fourth-order valence-corrected chi connectivity index (χ4v) is 2.51. The number of anilines is 1. The molecular weight excluding hydrogens is 356 g/mol. The maximum Gasteiger partial charge on any atom is 0.262 e. The van der Waals surface area contributed by atoms with Gasteiger partial charge in [-0.2, -0.15) is 0 Å². The van der Waals surface area contributed by atoms with E-state index in [9.17, 15) is 9.59 Å². The van der Waals surface area contributed by atoms with Gasteiger partial charge in [0.05, 0.1) is 6.20 Å². The summed E-state index contributed by atoms with van der Waals surface area (Å²) in [6.45, 7) is 3.26. The minimum Gasteiger partial charge on any atom is -0.484 e. The molecule has 28 heavy (non-hydrogen) atoms. The van der Waals surface area contributed by atoms with Crippen LogP contribution in [-0.4, -0.2) is 23.3 Å². The van der Waals surface area contributed by atoms with Gasteiger partial charge in [0, 0.05) is 17.4 Å². The van der Waals surface area contributed by atoms with Crippen molar-refractivity contribution in [2.75, 3.05) is 11.9 Å². The summed E-state index contributed by atoms with van der Waals surface area (Å²) in [7, 11) is 0. The van der Waals surface area contributed by atoms with E-state index in [0.29, 0.717) is 28.5 Å². The number of Topliss-reactive ketones (excluding diaryl/α,β-unsaturated/α-hetero) is 1. The number of ketones is 1. The van der Waals surface area contributed by atoms with Crippen molar-refractivity contribution in [1.82, 2.24) is 4.98 Å². The number of carbonyl (C=O) groups excluding carboxylic acids is 2. The van der Waals surface area contributed by atoms with Crippen molar-refractivity contribution in [2.24, 2.45) is 0 Å². The number of nitrogens with zero attached hydrogens (tertiary/aromatic N) is 1. The molecule has 0 atom stereocenters. The Hall–Kier alpha value is -3.67. The molecule has 0 saturated carbocycles. The molecule has 0 aliphatic heterocycles. The van der Waals surface area contributed by atoms with Gasteiger partial charge in [-0.1, -0.05) is 0 Å². The van der Waals surface area contributed by atoms with Crippen molar-refractivity contribution < 1.29 is 19.1 Å². The monoisotopic (exact) mass is 376 g/mol. The number of ether oxygens (including phenoxy) is 2. The van der Waals surface area contributed by atoms with E-state index in [2.05, 4.69) is 10.3 Å². The second kappa shape index (κ2) is 8.81. The first-order chi connectivity index (χ1) is 13.5. The van der Waals surface area contributed by atoms with E-state index in [1.54, 1.807) is 54.9 Å². The second-order valence-corrected chi connectivity index (χ2v) is 6.19. The van der Waals surface area contributed by atoms with Gasteiger partial charge >= 0.3 is 0 Å². The summed E-state index contributed by atoms with van der Waals surface area (Å²) in [6, 6.07) is 15.7. The van der Waals surface area contributed by atoms with Crippen LogP contribution >= 0.6 is 0 Å². The lowest BCUT2D eigenvalue weighted by atomic mass is 10.1. The summed E-state index contributed by atoms with van der Waals surface area (Å²) in [5.41, 5.74) is 2.12. The molecule has 2 aromatic carbocycles. The summed E-state index contributed by atoms with van der Waals surface area (Å²) in [4.78, 5) is 27.4. The van der Waals surface area contributed by atoms with Crippen LogP contribution in [0, 0.1) is 6.92 Å². The normalized spacial score (nSPS) is 10.2. The molecule has 0 saturated heterocycles. The average Bonchev–Trinajstić information content (AvgIpc) is 2.69. The Morgan fingerprint density at radius 3 is 2.46 bits per heavy atom. The fourth-order valence-electron chi connectivity index (χ4n) is 2.51. The Kier molecular flexibility index (Phi) is 6.01. The molecule has 1 aromatic heterocycles. The predicted molar refractivity (Wildman–Crippen MR) is 106 cm³/mol. The number of amides is 1. The third-order valence-corrected chi connectivity index (χ3v) is 3.95. The SMILES string of the molecule is CC(=O)c1ccc(OCC(=O)Nc2ccc(Oc3cccnc3)c(C)c2)cc1. The van der Waals surface area contributed by atoms with Gasteiger partial charge in [-0.25, -0.2) is 0 Å². The predicted octanol–water partition coefficient (Wildman–Crippen LogP) is 4.40. The van der Waals surface area contributed by atoms with E-state index in [4.69, 9.17) is 9.47 Å². The van der Waals surface area contributed by atoms with Crippen LogP contribution in [0.5, 0.6) is 17.2 Å². The molecule has 1 heterocycles. The maximum atomic E-state index is 12.1. The Bertz CT molecular complexity index is 970. The Balaban J connectivity index is 1.55. The first-order valence-corrected chi connectivity index (χ1v) is 8.73. The van der Waals surface area contributed by atoms with Gasteiger partial charge in [0.15, 0.2) is 12.4 Å². The van der Waals surface area contributed by atoms with Crippen LogP contribution in [0.2, 0.25) is 0 Å². The van der Waals surface area contributed by atoms with Crippen LogP contribution in [0.25, 0.3) is 0 Å². The lowest BCUT2D eigenvalue weighted by Gasteiger charge is -2.11. The largest absolute Gasteiger partial charge is 0.484 e. The van der Waals surface area contributed by atoms with E-state index in [-0.39, 0.29) is 18.3 Å². The number of rotatable bonds is 7. The Labute approximate surface area is 163 Å². The third-order valence-electron chi connectivity index (χ3n) is 3.95. The zero-order valence-electron chi connectivity index (χ0n) is 15.6. The molecule has 6 nitrogen and oxygen atoms in total. The Morgan fingerprint density at radius 2 is 1.82 bits per heavy atom. The van der Waals surface area contributed by atoms with Gasteiger partial charge in [-0.05, 0) is 74.0 Å². The molecule has 142 valence electrons. The molecule has 3 rings (SSSR count). The number of aryl methyl sites for hydroxylation is 1. The molecule has 0 aliphatic carbocycles. The van der Waals surface area contributed by atoms with Gasteiger partial charge in [0.2, 0.25) is 0 Å². The highest BCUT2D eigenvalue weighted by Gasteiger charge is 2.08. The summed E-state index contributed by atoms with van der Waals surface area (Å²) in [5, 5.41) is 2.79. The maximum absolute atomic E-state index is 12.1. The van der Waals surface area contributed by atoms with E-state index < -0.39 is 0 Å². The zero-order chi connectivity index (χ0) is 19.9. The molecule has 1 N–H and O–H groups in total. The minimum absolute atomic E-state index is 0.0179. The summed E-state index contributed by atoms with van der Waals surface area (Å²) >= 11 is 0. The summed E-state index contributed by atoms with van der Waals surface area (Å²) in [5.74, 6) is 1.56. The van der Waals surface area contributed by atoms with E-state index >= 15 is 0 Å². The zero-order valence-corrected chi connectivity index (χ0v) is 15.6. The highest BCUT2D eigenvalue weighted by molar-refractivity contribution is 5.94. The molecule has 6 heteroatoms. The molecule has 0 unspecified atom stereocenters. The fraction of sp³-hybridized carbons (Fsp3) is 0.136. The van der Waals surface area contributed by atoms with Gasteiger partial charge < -0.3 is 14.8 Å². The van der Waals surface area contributed by atoms with Crippen LogP contribution in [-0.2, 0) is 4.79 Å². The van der Waals surface area contributed by atoms with Crippen LogP contribution in [0.4, 0.5) is 5.69 Å². The lowest BCUT2D eigenvalue weighted by Crippen LogP contribution is -2.20. The number of aromatic nitrogens is 1. The number of hydrogen-bond acceptors (Lipinski definition) is 5. The molecular formula is C22H20N2O4. The van der Waals surface area contributed by atoms with Gasteiger partial charge in [0.25, 0.3) is 5.91 Å². The molecule has 1 amide bonds. The summed E-state index contributed by atoms with van der Waals surface area (Å²) < 4.78 is 11.2. The van der Waals surface area contributed by atoms with E-state index in [1.165, 1.54) is 6.92 Å². The number of benzene rings is 2. The highest BCUT2D eigenvalue weighted by atomic mass is 16.5. The standard InChI is InChI=1S/C22H20N2O4/c1-15-12-18(7-10-21(15)28-20-4-3-11-23-13-20)24-22(26)14-27-19-8-5-17(6-9-19)16(2)25/h3-13H,14H2,1-2H3,(H,24,26). The topological polar surface area (TPSA) is 77.5 Å². The molecule has 0 aliphatic rings. The van der Waals surface area contributed by atoms with Crippen LogP contribution in [0.15, 0.2) is 67.0 Å². The van der Waals surface area contributed by atoms with E-state index in [1.807, 2.05) is 19.1 Å². The van der Waals surface area contributed by atoms with E-state index in [0.717, 1.165) is 5.56 Å². The average molecular weight is 376 g/mol. The van der Waals surface area contributed by atoms with Crippen molar-refractivity contribution >= 4 is 17.4 Å². The summed E-state index contributed by atoms with van der Waals surface area (Å²) in [6.07, 6.45) is 3.31. The molecule has 0 spiro atoms. The van der Waals surface area contributed by atoms with Crippen molar-refractivity contribution in [3.63, 3.8) is 0 Å². The van der Waals surface area contributed by atoms with Gasteiger partial charge in [-0.15, -0.1) is 0 Å². The van der Waals surface area contributed by atoms with Crippen molar-refractivity contribution in [1.29, 1.82) is 0 Å². The molecule has 0 radical (unpaired) electrons. The quantitative estimate of drug-likeness (QED) is 0.618. The molecule has 0 bridgehead atoms. The lowest BCUT2D eigenvalue weighted by molar-refractivity contribution is -0.118.